The van der Waals surface area contributed by atoms with Gasteiger partial charge < -0.3 is 10.4 Å². The molecule has 22 heavy (non-hydrogen) atoms. The molecule has 1 aliphatic carbocycles. The van der Waals surface area contributed by atoms with Crippen LogP contribution in [0.15, 0.2) is 30.7 Å². The van der Waals surface area contributed by atoms with Crippen LogP contribution >= 0.6 is 0 Å². The van der Waals surface area contributed by atoms with E-state index in [1.54, 1.807) is 6.20 Å². The Morgan fingerprint density at radius 1 is 1.18 bits per heavy atom. The van der Waals surface area contributed by atoms with E-state index in [1.807, 2.05) is 24.5 Å². The number of hydrogen-bond donors (Lipinski definition) is 3. The van der Waals surface area contributed by atoms with Crippen LogP contribution in [0.4, 0.5) is 0 Å². The Labute approximate surface area is 131 Å². The first-order valence-corrected chi connectivity index (χ1v) is 8.13. The number of nitrogens with zero attached hydrogens (tertiary/aromatic N) is 2. The van der Waals surface area contributed by atoms with Crippen molar-refractivity contribution in [3.8, 4) is 11.3 Å². The minimum atomic E-state index is -0.547. The van der Waals surface area contributed by atoms with Crippen molar-refractivity contribution in [3.05, 3.63) is 36.3 Å². The molecule has 1 aliphatic rings. The molecule has 2 aromatic rings. The average Bonchev–Trinajstić information content (AvgIpc) is 2.90. The summed E-state index contributed by atoms with van der Waals surface area (Å²) in [4.78, 5) is 4.15. The average molecular weight is 300 g/mol. The molecule has 0 saturated heterocycles. The molecule has 0 radical (unpaired) electrons. The van der Waals surface area contributed by atoms with E-state index in [-0.39, 0.29) is 0 Å². The maximum atomic E-state index is 10.7. The number of nitrogens with one attached hydrogen (secondary N) is 2. The number of hydrogen-bond acceptors (Lipinski definition) is 4. The third-order valence-corrected chi connectivity index (χ3v) is 4.47. The summed E-state index contributed by atoms with van der Waals surface area (Å²) in [6, 6.07) is 3.93. The van der Waals surface area contributed by atoms with Crippen molar-refractivity contribution in [1.82, 2.24) is 20.5 Å². The van der Waals surface area contributed by atoms with Gasteiger partial charge in [0.15, 0.2) is 0 Å². The van der Waals surface area contributed by atoms with E-state index in [0.717, 1.165) is 42.5 Å². The van der Waals surface area contributed by atoms with Crippen LogP contribution in [0, 0.1) is 0 Å². The molecule has 0 amide bonds. The summed E-state index contributed by atoms with van der Waals surface area (Å²) in [6.07, 6.45) is 12.0. The molecule has 0 aromatic carbocycles. The molecule has 5 nitrogen and oxygen atoms in total. The van der Waals surface area contributed by atoms with Gasteiger partial charge in [-0.2, -0.15) is 5.10 Å². The van der Waals surface area contributed by atoms with E-state index in [4.69, 9.17) is 0 Å². The lowest BCUT2D eigenvalue weighted by Crippen LogP contribution is -2.39. The van der Waals surface area contributed by atoms with Gasteiger partial charge in [-0.25, -0.2) is 0 Å². The summed E-state index contributed by atoms with van der Waals surface area (Å²) in [6.45, 7) is 1.34. The molecule has 1 saturated carbocycles. The molecule has 2 aromatic heterocycles. The van der Waals surface area contributed by atoms with Gasteiger partial charge in [0.05, 0.1) is 17.5 Å². The van der Waals surface area contributed by atoms with Crippen LogP contribution in [0.3, 0.4) is 0 Å². The van der Waals surface area contributed by atoms with Gasteiger partial charge in [0.2, 0.25) is 0 Å². The van der Waals surface area contributed by atoms with Gasteiger partial charge in [0.1, 0.15) is 0 Å². The molecule has 0 bridgehead atoms. The molecule has 0 aliphatic heterocycles. The van der Waals surface area contributed by atoms with Crippen molar-refractivity contribution in [3.63, 3.8) is 0 Å². The highest BCUT2D eigenvalue weighted by Crippen LogP contribution is 2.26. The molecule has 0 spiro atoms. The smallest absolute Gasteiger partial charge is 0.0771 e. The van der Waals surface area contributed by atoms with Gasteiger partial charge in [0, 0.05) is 36.6 Å². The highest BCUT2D eigenvalue weighted by atomic mass is 16.3. The summed E-state index contributed by atoms with van der Waals surface area (Å²) in [7, 11) is 0. The Morgan fingerprint density at radius 3 is 2.73 bits per heavy atom. The van der Waals surface area contributed by atoms with E-state index >= 15 is 0 Å². The fraction of sp³-hybridized carbons (Fsp3) is 0.529. The predicted molar refractivity (Wildman–Crippen MR) is 86.2 cm³/mol. The first kappa shape index (κ1) is 15.2. The number of aromatic nitrogens is 3. The first-order chi connectivity index (χ1) is 10.8. The van der Waals surface area contributed by atoms with Crippen molar-refractivity contribution in [2.24, 2.45) is 0 Å². The number of aromatic amines is 1. The predicted octanol–water partition coefficient (Wildman–Crippen LogP) is 2.65. The fourth-order valence-corrected chi connectivity index (χ4v) is 3.20. The zero-order valence-corrected chi connectivity index (χ0v) is 12.9. The maximum Gasteiger partial charge on any atom is 0.0771 e. The molecule has 1 fully saturated rings. The van der Waals surface area contributed by atoms with Crippen molar-refractivity contribution in [2.75, 3.05) is 6.54 Å². The zero-order chi connectivity index (χ0) is 15.3. The standard InChI is InChI=1S/C17H24N4O/c22-17(7-3-1-2-4-8-17)13-19-11-15-12-20-21-16(15)14-6-5-9-18-10-14/h5-6,9-10,12,19,22H,1-4,7-8,11,13H2,(H,20,21). The van der Waals surface area contributed by atoms with Crippen molar-refractivity contribution >= 4 is 0 Å². The summed E-state index contributed by atoms with van der Waals surface area (Å²) in [5, 5.41) is 21.3. The van der Waals surface area contributed by atoms with E-state index in [1.165, 1.54) is 12.8 Å². The normalized spacial score (nSPS) is 18.0. The van der Waals surface area contributed by atoms with Gasteiger partial charge in [-0.05, 0) is 25.0 Å². The molecule has 118 valence electrons. The van der Waals surface area contributed by atoms with Crippen molar-refractivity contribution in [2.45, 2.75) is 50.7 Å². The van der Waals surface area contributed by atoms with E-state index in [0.29, 0.717) is 13.1 Å². The second kappa shape index (κ2) is 7.03. The third-order valence-electron chi connectivity index (χ3n) is 4.47. The Morgan fingerprint density at radius 2 is 2.00 bits per heavy atom. The number of aliphatic hydroxyl groups is 1. The summed E-state index contributed by atoms with van der Waals surface area (Å²) in [5.41, 5.74) is 2.58. The van der Waals surface area contributed by atoms with E-state index in [9.17, 15) is 5.11 Å². The van der Waals surface area contributed by atoms with Gasteiger partial charge in [0.25, 0.3) is 0 Å². The van der Waals surface area contributed by atoms with Crippen LogP contribution in [0.1, 0.15) is 44.1 Å². The Balaban J connectivity index is 1.59. The third kappa shape index (κ3) is 3.72. The van der Waals surface area contributed by atoms with Crippen LogP contribution in [0.25, 0.3) is 11.3 Å². The highest BCUT2D eigenvalue weighted by Gasteiger charge is 2.27. The van der Waals surface area contributed by atoms with Crippen LogP contribution in [0.5, 0.6) is 0 Å². The maximum absolute atomic E-state index is 10.7. The Kier molecular flexibility index (Phi) is 4.85. The molecule has 0 atom stereocenters. The summed E-state index contributed by atoms with van der Waals surface area (Å²) >= 11 is 0. The monoisotopic (exact) mass is 300 g/mol. The van der Waals surface area contributed by atoms with Crippen LogP contribution in [0.2, 0.25) is 0 Å². The van der Waals surface area contributed by atoms with Gasteiger partial charge in [-0.1, -0.05) is 25.7 Å². The van der Waals surface area contributed by atoms with Crippen LogP contribution in [-0.2, 0) is 6.54 Å². The minimum Gasteiger partial charge on any atom is -0.389 e. The van der Waals surface area contributed by atoms with Crippen molar-refractivity contribution < 1.29 is 5.11 Å². The van der Waals surface area contributed by atoms with Crippen molar-refractivity contribution in [1.29, 1.82) is 0 Å². The van der Waals surface area contributed by atoms with E-state index in [2.05, 4.69) is 20.5 Å². The minimum absolute atomic E-state index is 0.547. The van der Waals surface area contributed by atoms with Gasteiger partial charge >= 0.3 is 0 Å². The molecule has 5 heteroatoms. The molecule has 3 rings (SSSR count). The Bertz CT molecular complexity index is 573. The number of pyridine rings is 1. The molecule has 2 heterocycles. The lowest BCUT2D eigenvalue weighted by atomic mass is 9.94. The largest absolute Gasteiger partial charge is 0.389 e. The fourth-order valence-electron chi connectivity index (χ4n) is 3.20. The van der Waals surface area contributed by atoms with Gasteiger partial charge in [-0.15, -0.1) is 0 Å². The second-order valence-corrected chi connectivity index (χ2v) is 6.25. The first-order valence-electron chi connectivity index (χ1n) is 8.13. The SMILES string of the molecule is OC1(CNCc2cn[nH]c2-c2cccnc2)CCCCCC1. The lowest BCUT2D eigenvalue weighted by Gasteiger charge is -2.27. The molecular weight excluding hydrogens is 276 g/mol. The zero-order valence-electron chi connectivity index (χ0n) is 12.9. The topological polar surface area (TPSA) is 73.8 Å². The molecule has 3 N–H and O–H groups in total. The highest BCUT2D eigenvalue weighted by molar-refractivity contribution is 5.61. The molecular formula is C17H24N4O. The number of rotatable bonds is 5. The number of H-pyrrole nitrogens is 1. The van der Waals surface area contributed by atoms with Gasteiger partial charge in [-0.3, -0.25) is 10.1 Å². The second-order valence-electron chi connectivity index (χ2n) is 6.25. The van der Waals surface area contributed by atoms with Crippen LogP contribution in [-0.4, -0.2) is 32.4 Å². The lowest BCUT2D eigenvalue weighted by molar-refractivity contribution is 0.0250. The Hall–Kier alpha value is -1.72. The summed E-state index contributed by atoms with van der Waals surface area (Å²) in [5.74, 6) is 0. The van der Waals surface area contributed by atoms with E-state index < -0.39 is 5.60 Å². The van der Waals surface area contributed by atoms with Crippen LogP contribution < -0.4 is 5.32 Å². The summed E-state index contributed by atoms with van der Waals surface area (Å²) < 4.78 is 0. The molecule has 0 unspecified atom stereocenters. The quantitative estimate of drug-likeness (QED) is 0.742.